The molecule has 1 aromatic rings. The number of aromatic nitrogens is 1. The van der Waals surface area contributed by atoms with Gasteiger partial charge in [-0.2, -0.15) is 5.26 Å². The molecule has 0 bridgehead atoms. The second-order valence-corrected chi connectivity index (χ2v) is 2.68. The summed E-state index contributed by atoms with van der Waals surface area (Å²) in [5.41, 5.74) is 0.522. The molecule has 4 heteroatoms. The van der Waals surface area contributed by atoms with E-state index in [1.165, 1.54) is 10.6 Å². The topological polar surface area (TPSA) is 66.0 Å². The molecular weight excluding hydrogens is 168 g/mol. The lowest BCUT2D eigenvalue weighted by atomic mass is 10.2. The SMILES string of the molecule is Cc1ccc(C#N)c(=O)n1CCO. The van der Waals surface area contributed by atoms with Crippen LogP contribution in [-0.2, 0) is 6.54 Å². The van der Waals surface area contributed by atoms with Gasteiger partial charge in [0.05, 0.1) is 6.61 Å². The lowest BCUT2D eigenvalue weighted by Gasteiger charge is -2.07. The number of hydrogen-bond donors (Lipinski definition) is 1. The van der Waals surface area contributed by atoms with Gasteiger partial charge in [0.15, 0.2) is 0 Å². The van der Waals surface area contributed by atoms with E-state index in [2.05, 4.69) is 0 Å². The Hall–Kier alpha value is -1.60. The highest BCUT2D eigenvalue weighted by molar-refractivity contribution is 5.27. The molecule has 68 valence electrons. The number of pyridine rings is 1. The minimum atomic E-state index is -0.337. The van der Waals surface area contributed by atoms with Crippen LogP contribution in [0.5, 0.6) is 0 Å². The van der Waals surface area contributed by atoms with Gasteiger partial charge in [-0.3, -0.25) is 4.79 Å². The Balaban J connectivity index is 3.32. The van der Waals surface area contributed by atoms with E-state index in [0.29, 0.717) is 0 Å². The van der Waals surface area contributed by atoms with Crippen molar-refractivity contribution in [1.29, 1.82) is 5.26 Å². The zero-order valence-corrected chi connectivity index (χ0v) is 7.32. The Bertz CT molecular complexity index is 401. The van der Waals surface area contributed by atoms with E-state index in [4.69, 9.17) is 10.4 Å². The molecule has 0 aliphatic heterocycles. The minimum Gasteiger partial charge on any atom is -0.395 e. The van der Waals surface area contributed by atoms with Crippen LogP contribution in [0.25, 0.3) is 0 Å². The molecule has 0 aliphatic carbocycles. The summed E-state index contributed by atoms with van der Waals surface area (Å²) in [6.45, 7) is 1.90. The summed E-state index contributed by atoms with van der Waals surface area (Å²) < 4.78 is 1.39. The zero-order chi connectivity index (χ0) is 9.84. The van der Waals surface area contributed by atoms with Gasteiger partial charge in [0, 0.05) is 12.2 Å². The van der Waals surface area contributed by atoms with Crippen LogP contribution in [0.2, 0.25) is 0 Å². The Morgan fingerprint density at radius 1 is 1.62 bits per heavy atom. The first-order valence-electron chi connectivity index (χ1n) is 3.92. The fourth-order valence-corrected chi connectivity index (χ4v) is 1.13. The summed E-state index contributed by atoms with van der Waals surface area (Å²) in [6, 6.07) is 4.99. The summed E-state index contributed by atoms with van der Waals surface area (Å²) in [4.78, 5) is 11.4. The van der Waals surface area contributed by atoms with E-state index in [0.717, 1.165) is 5.69 Å². The van der Waals surface area contributed by atoms with E-state index < -0.39 is 0 Å². The normalized spacial score (nSPS) is 9.62. The molecule has 0 atom stereocenters. The number of aryl methyl sites for hydroxylation is 1. The van der Waals surface area contributed by atoms with Crippen LogP contribution in [0.4, 0.5) is 0 Å². The number of rotatable bonds is 2. The molecule has 0 saturated heterocycles. The summed E-state index contributed by atoms with van der Waals surface area (Å²) in [5, 5.41) is 17.3. The molecule has 0 spiro atoms. The highest BCUT2D eigenvalue weighted by Crippen LogP contribution is 1.96. The first-order chi connectivity index (χ1) is 6.20. The van der Waals surface area contributed by atoms with Gasteiger partial charge in [-0.05, 0) is 19.1 Å². The van der Waals surface area contributed by atoms with Crippen molar-refractivity contribution in [2.24, 2.45) is 0 Å². The molecule has 1 aromatic heterocycles. The summed E-state index contributed by atoms with van der Waals surface area (Å²) in [7, 11) is 0. The van der Waals surface area contributed by atoms with Crippen LogP contribution >= 0.6 is 0 Å². The highest BCUT2D eigenvalue weighted by Gasteiger charge is 2.04. The first-order valence-corrected chi connectivity index (χ1v) is 3.92. The van der Waals surface area contributed by atoms with Crippen molar-refractivity contribution in [1.82, 2.24) is 4.57 Å². The second-order valence-electron chi connectivity index (χ2n) is 2.68. The van der Waals surface area contributed by atoms with Crippen molar-refractivity contribution < 1.29 is 5.11 Å². The first kappa shape index (κ1) is 9.49. The smallest absolute Gasteiger partial charge is 0.268 e. The second kappa shape index (κ2) is 3.87. The van der Waals surface area contributed by atoms with Crippen molar-refractivity contribution in [3.63, 3.8) is 0 Å². The molecule has 0 fully saturated rings. The predicted molar refractivity (Wildman–Crippen MR) is 47.2 cm³/mol. The quantitative estimate of drug-likeness (QED) is 0.694. The number of hydrogen-bond acceptors (Lipinski definition) is 3. The molecule has 1 rings (SSSR count). The average Bonchev–Trinajstić information content (AvgIpc) is 2.12. The van der Waals surface area contributed by atoms with Gasteiger partial charge in [0.25, 0.3) is 5.56 Å². The third kappa shape index (κ3) is 1.76. The maximum atomic E-state index is 11.4. The fourth-order valence-electron chi connectivity index (χ4n) is 1.13. The maximum Gasteiger partial charge on any atom is 0.268 e. The number of nitriles is 1. The third-order valence-corrected chi connectivity index (χ3v) is 1.84. The Kier molecular flexibility index (Phi) is 2.83. The van der Waals surface area contributed by atoms with Gasteiger partial charge in [0.1, 0.15) is 11.6 Å². The number of nitrogens with zero attached hydrogens (tertiary/aromatic N) is 2. The largest absolute Gasteiger partial charge is 0.395 e. The van der Waals surface area contributed by atoms with Crippen LogP contribution in [0.1, 0.15) is 11.3 Å². The van der Waals surface area contributed by atoms with Crippen molar-refractivity contribution in [2.75, 3.05) is 6.61 Å². The van der Waals surface area contributed by atoms with Gasteiger partial charge < -0.3 is 9.67 Å². The molecule has 4 nitrogen and oxygen atoms in total. The molecule has 0 amide bonds. The Morgan fingerprint density at radius 2 is 2.31 bits per heavy atom. The summed E-state index contributed by atoms with van der Waals surface area (Å²) in [6.07, 6.45) is 0. The van der Waals surface area contributed by atoms with Crippen LogP contribution in [0, 0.1) is 18.3 Å². The van der Waals surface area contributed by atoms with Crippen LogP contribution in [0.3, 0.4) is 0 Å². The molecular formula is C9H10N2O2. The van der Waals surface area contributed by atoms with Gasteiger partial charge in [0.2, 0.25) is 0 Å². The predicted octanol–water partition coefficient (Wildman–Crippen LogP) is 0.0207. The zero-order valence-electron chi connectivity index (χ0n) is 7.32. The van der Waals surface area contributed by atoms with Gasteiger partial charge >= 0.3 is 0 Å². The fraction of sp³-hybridized carbons (Fsp3) is 0.333. The van der Waals surface area contributed by atoms with Crippen molar-refractivity contribution >= 4 is 0 Å². The van der Waals surface area contributed by atoms with Gasteiger partial charge in [-0.1, -0.05) is 0 Å². The molecule has 0 aromatic carbocycles. The van der Waals surface area contributed by atoms with E-state index >= 15 is 0 Å². The minimum absolute atomic E-state index is 0.102. The molecule has 1 N–H and O–H groups in total. The lowest BCUT2D eigenvalue weighted by Crippen LogP contribution is -2.25. The molecule has 0 aliphatic rings. The number of aliphatic hydroxyl groups is 1. The average molecular weight is 178 g/mol. The standard InChI is InChI=1S/C9H10N2O2/c1-7-2-3-8(6-10)9(13)11(7)4-5-12/h2-3,12H,4-5H2,1H3. The van der Waals surface area contributed by atoms with Crippen molar-refractivity contribution in [3.05, 3.63) is 33.7 Å². The van der Waals surface area contributed by atoms with E-state index in [1.807, 2.05) is 0 Å². The van der Waals surface area contributed by atoms with Crippen LogP contribution < -0.4 is 5.56 Å². The maximum absolute atomic E-state index is 11.4. The highest BCUT2D eigenvalue weighted by atomic mass is 16.3. The molecule has 0 radical (unpaired) electrons. The third-order valence-electron chi connectivity index (χ3n) is 1.84. The summed E-state index contributed by atoms with van der Waals surface area (Å²) in [5.74, 6) is 0. The monoisotopic (exact) mass is 178 g/mol. The molecule has 1 heterocycles. The lowest BCUT2D eigenvalue weighted by molar-refractivity contribution is 0.273. The molecule has 0 unspecified atom stereocenters. The van der Waals surface area contributed by atoms with E-state index in [9.17, 15) is 4.79 Å². The van der Waals surface area contributed by atoms with Gasteiger partial charge in [-0.25, -0.2) is 0 Å². The molecule has 13 heavy (non-hydrogen) atoms. The Morgan fingerprint density at radius 3 is 2.85 bits per heavy atom. The number of aliphatic hydroxyl groups excluding tert-OH is 1. The van der Waals surface area contributed by atoms with Gasteiger partial charge in [-0.15, -0.1) is 0 Å². The van der Waals surface area contributed by atoms with E-state index in [-0.39, 0.29) is 24.3 Å². The van der Waals surface area contributed by atoms with E-state index in [1.54, 1.807) is 19.1 Å². The van der Waals surface area contributed by atoms with Crippen LogP contribution in [0.15, 0.2) is 16.9 Å². The summed E-state index contributed by atoms with van der Waals surface area (Å²) >= 11 is 0. The van der Waals surface area contributed by atoms with Crippen molar-refractivity contribution in [2.45, 2.75) is 13.5 Å². The van der Waals surface area contributed by atoms with Crippen LogP contribution in [-0.4, -0.2) is 16.3 Å². The Labute approximate surface area is 75.7 Å². The van der Waals surface area contributed by atoms with Crippen molar-refractivity contribution in [3.8, 4) is 6.07 Å². The molecule has 0 saturated carbocycles.